The Bertz CT molecular complexity index is 2510. The summed E-state index contributed by atoms with van der Waals surface area (Å²) >= 11 is 5.53. The first-order valence-electron chi connectivity index (χ1n) is 19.9. The minimum absolute atomic E-state index is 0.0438. The second kappa shape index (κ2) is 15.9. The minimum Gasteiger partial charge on any atom is -0.508 e. The fraction of sp³-hybridized carbons (Fsp3) is 0.333. The number of phenolic OH excluding ortho intramolecular Hbond substituents is 2. The topological polar surface area (TPSA) is 254 Å². The van der Waals surface area contributed by atoms with Crippen molar-refractivity contribution >= 4 is 46.8 Å². The van der Waals surface area contributed by atoms with Crippen LogP contribution in [0.5, 0.6) is 23.0 Å². The van der Waals surface area contributed by atoms with Gasteiger partial charge in [0.25, 0.3) is 5.91 Å². The zero-order valence-electron chi connectivity index (χ0n) is 32.4. The third-order valence-electron chi connectivity index (χ3n) is 11.5. The van der Waals surface area contributed by atoms with Crippen molar-refractivity contribution in [3.63, 3.8) is 0 Å². The van der Waals surface area contributed by atoms with Gasteiger partial charge in [-0.2, -0.15) is 15.4 Å². The van der Waals surface area contributed by atoms with Crippen molar-refractivity contribution in [2.45, 2.75) is 68.5 Å². The Morgan fingerprint density at radius 2 is 1.72 bits per heavy atom. The lowest BCUT2D eigenvalue weighted by Gasteiger charge is -2.36. The number of hydrogen-bond acceptors (Lipinski definition) is 13. The molecule has 1 saturated heterocycles. The first kappa shape index (κ1) is 39.4. The van der Waals surface area contributed by atoms with Gasteiger partial charge in [0.15, 0.2) is 16.5 Å². The normalized spacial score (nSPS) is 18.6. The van der Waals surface area contributed by atoms with Gasteiger partial charge in [0.05, 0.1) is 23.7 Å². The Kier molecular flexibility index (Phi) is 10.3. The summed E-state index contributed by atoms with van der Waals surface area (Å²) in [5.41, 5.74) is 1.97. The molecular formula is C42H40N8O10S. The number of carbonyl (C=O) groups excluding carboxylic acids is 3. The fourth-order valence-corrected chi connectivity index (χ4v) is 8.75. The fourth-order valence-electron chi connectivity index (χ4n) is 8.53. The summed E-state index contributed by atoms with van der Waals surface area (Å²) < 4.78 is 17.6. The minimum atomic E-state index is -1.40. The standard InChI is InChI=1S/C42H40N8O10S/c51-25-7-10-30-34(16-25)58-35-17-26(52)8-11-31(35)42(30)29-9-6-23(15-27(29)40(57)59-42)46-41(61)43-12-2-1-3-32(39(55)56)47-37(53)33-14-21(13-24-18-44-49-48-24)20-50(33)38(54)28-19-45-60-36(28)22-4-5-22/h6-11,15-19,21-22,32-33,51-52H,1-5,12-14,20H2,(H,47,53)(H,55,56)(H2,43,46,61)(H,44,48,49)/t21-,32+,33+/m1/s1. The molecule has 314 valence electrons. The molecule has 4 aliphatic rings. The molecule has 1 saturated carbocycles. The predicted octanol–water partition coefficient (Wildman–Crippen LogP) is 4.45. The van der Waals surface area contributed by atoms with Gasteiger partial charge < -0.3 is 50.2 Å². The molecule has 0 bridgehead atoms. The number of anilines is 1. The van der Waals surface area contributed by atoms with Crippen molar-refractivity contribution in [1.82, 2.24) is 36.1 Å². The molecule has 19 heteroatoms. The number of aromatic hydroxyl groups is 2. The number of carboxylic acids is 1. The van der Waals surface area contributed by atoms with Crippen LogP contribution in [-0.4, -0.2) is 94.8 Å². The molecule has 7 N–H and O–H groups in total. The van der Waals surface area contributed by atoms with Crippen LogP contribution in [0.15, 0.2) is 71.5 Å². The van der Waals surface area contributed by atoms with E-state index in [0.29, 0.717) is 71.6 Å². The zero-order chi connectivity index (χ0) is 42.4. The molecule has 3 aromatic carbocycles. The van der Waals surface area contributed by atoms with Crippen molar-refractivity contribution in [3.05, 3.63) is 106 Å². The molecule has 2 aromatic heterocycles. The van der Waals surface area contributed by atoms with Crippen LogP contribution in [0.3, 0.4) is 0 Å². The van der Waals surface area contributed by atoms with E-state index >= 15 is 0 Å². The Hall–Kier alpha value is -7.02. The van der Waals surface area contributed by atoms with Gasteiger partial charge >= 0.3 is 11.9 Å². The van der Waals surface area contributed by atoms with E-state index in [1.165, 1.54) is 35.4 Å². The maximum absolute atomic E-state index is 13.8. The Labute approximate surface area is 352 Å². The number of likely N-dealkylation sites (tertiary alicyclic amines) is 1. The molecule has 61 heavy (non-hydrogen) atoms. The van der Waals surface area contributed by atoms with Crippen LogP contribution < -0.4 is 20.7 Å². The Morgan fingerprint density at radius 1 is 0.984 bits per heavy atom. The highest BCUT2D eigenvalue weighted by molar-refractivity contribution is 7.80. The number of nitrogens with zero attached hydrogens (tertiary/aromatic N) is 4. The molecule has 1 spiro atoms. The number of aromatic amines is 1. The lowest BCUT2D eigenvalue weighted by Crippen LogP contribution is -2.51. The number of fused-ring (bicyclic) bond motifs is 6. The van der Waals surface area contributed by atoms with E-state index < -0.39 is 35.5 Å². The van der Waals surface area contributed by atoms with Crippen LogP contribution in [-0.2, 0) is 26.3 Å². The second-order valence-electron chi connectivity index (χ2n) is 15.7. The predicted molar refractivity (Wildman–Crippen MR) is 217 cm³/mol. The number of rotatable bonds is 13. The third kappa shape index (κ3) is 7.56. The molecule has 2 fully saturated rings. The summed E-state index contributed by atoms with van der Waals surface area (Å²) in [4.78, 5) is 54.9. The van der Waals surface area contributed by atoms with Gasteiger partial charge in [-0.05, 0) is 99.5 Å². The number of thiocarbonyl (C=S) groups is 1. The molecule has 3 aliphatic heterocycles. The maximum atomic E-state index is 13.8. The van der Waals surface area contributed by atoms with Gasteiger partial charge in [-0.1, -0.05) is 11.2 Å². The van der Waals surface area contributed by atoms with Gasteiger partial charge in [0.2, 0.25) is 5.91 Å². The van der Waals surface area contributed by atoms with Crippen molar-refractivity contribution in [2.75, 3.05) is 18.4 Å². The number of nitrogens with one attached hydrogen (secondary N) is 4. The summed E-state index contributed by atoms with van der Waals surface area (Å²) in [6.07, 6.45) is 6.63. The van der Waals surface area contributed by atoms with E-state index in [1.54, 1.807) is 36.5 Å². The molecule has 9 rings (SSSR count). The number of ether oxygens (including phenoxy) is 2. The summed E-state index contributed by atoms with van der Waals surface area (Å²) in [7, 11) is 0. The van der Waals surface area contributed by atoms with Crippen LogP contribution >= 0.6 is 12.2 Å². The number of phenols is 2. The van der Waals surface area contributed by atoms with Gasteiger partial charge in [-0.25, -0.2) is 9.59 Å². The number of carbonyl (C=O) groups is 4. The van der Waals surface area contributed by atoms with Crippen LogP contribution in [0.25, 0.3) is 0 Å². The van der Waals surface area contributed by atoms with E-state index in [2.05, 4.69) is 36.5 Å². The number of unbranched alkanes of at least 4 members (excludes halogenated alkanes) is 1. The highest BCUT2D eigenvalue weighted by atomic mass is 32.1. The highest BCUT2D eigenvalue weighted by Crippen LogP contribution is 2.57. The second-order valence-corrected chi connectivity index (χ2v) is 16.1. The first-order chi connectivity index (χ1) is 29.5. The molecule has 18 nitrogen and oxygen atoms in total. The van der Waals surface area contributed by atoms with E-state index in [9.17, 15) is 34.5 Å². The number of carboxylic acid groups (broad SMARTS) is 1. The van der Waals surface area contributed by atoms with Crippen molar-refractivity contribution in [2.24, 2.45) is 5.92 Å². The number of aliphatic carboxylic acids is 1. The average Bonchev–Trinajstić information content (AvgIpc) is 3.55. The van der Waals surface area contributed by atoms with Crippen LogP contribution in [0.2, 0.25) is 0 Å². The molecule has 2 amide bonds. The SMILES string of the molecule is O=C1OC2(c3ccc(O)cc3Oc3cc(O)ccc32)c2ccc(NC(=S)NCCCC[C@H](NC(=O)[C@@H]3C[C@@H](Cc4cn[nH]n4)CN3C(=O)c3cnoc3C3CC3)C(=O)O)cc21. The van der Waals surface area contributed by atoms with Crippen LogP contribution in [0.4, 0.5) is 5.69 Å². The highest BCUT2D eigenvalue weighted by Gasteiger charge is 2.54. The lowest BCUT2D eigenvalue weighted by molar-refractivity contribution is -0.142. The molecule has 0 radical (unpaired) electrons. The largest absolute Gasteiger partial charge is 0.508 e. The summed E-state index contributed by atoms with van der Waals surface area (Å²) in [6.45, 7) is 0.648. The number of hydrogen-bond donors (Lipinski definition) is 7. The maximum Gasteiger partial charge on any atom is 0.340 e. The van der Waals surface area contributed by atoms with Gasteiger partial charge in [-0.3, -0.25) is 9.59 Å². The zero-order valence-corrected chi connectivity index (χ0v) is 33.2. The number of amides is 2. The number of aromatic nitrogens is 4. The number of benzene rings is 3. The quantitative estimate of drug-likeness (QED) is 0.0491. The van der Waals surface area contributed by atoms with Crippen molar-refractivity contribution < 1.29 is 48.5 Å². The van der Waals surface area contributed by atoms with Gasteiger partial charge in [0.1, 0.15) is 40.6 Å². The molecule has 1 aliphatic carbocycles. The smallest absolute Gasteiger partial charge is 0.340 e. The van der Waals surface area contributed by atoms with Gasteiger partial charge in [-0.15, -0.1) is 0 Å². The molecule has 5 aromatic rings. The summed E-state index contributed by atoms with van der Waals surface area (Å²) in [5, 5.41) is 54.0. The van der Waals surface area contributed by atoms with Crippen LogP contribution in [0, 0.1) is 5.92 Å². The number of esters is 1. The molecular weight excluding hydrogens is 809 g/mol. The molecule has 0 unspecified atom stereocenters. The van der Waals surface area contributed by atoms with E-state index in [1.807, 2.05) is 0 Å². The van der Waals surface area contributed by atoms with Crippen molar-refractivity contribution in [3.8, 4) is 23.0 Å². The van der Waals surface area contributed by atoms with E-state index in [0.717, 1.165) is 12.8 Å². The third-order valence-corrected chi connectivity index (χ3v) is 11.8. The lowest BCUT2D eigenvalue weighted by atomic mass is 9.77. The van der Waals surface area contributed by atoms with Gasteiger partial charge in [0, 0.05) is 53.5 Å². The van der Waals surface area contributed by atoms with E-state index in [-0.39, 0.29) is 64.4 Å². The molecule has 3 atom stereocenters. The first-order valence-corrected chi connectivity index (χ1v) is 20.3. The Balaban J connectivity index is 0.806. The van der Waals surface area contributed by atoms with Crippen LogP contribution in [0.1, 0.15) is 93.3 Å². The molecule has 5 heterocycles. The summed E-state index contributed by atoms with van der Waals surface area (Å²) in [5.74, 6) is -1.73. The van der Waals surface area contributed by atoms with Crippen molar-refractivity contribution in [1.29, 1.82) is 0 Å². The number of H-pyrrole nitrogens is 1. The Morgan fingerprint density at radius 3 is 2.41 bits per heavy atom. The van der Waals surface area contributed by atoms with E-state index in [4.69, 9.17) is 26.2 Å². The summed E-state index contributed by atoms with van der Waals surface area (Å²) in [6, 6.07) is 12.1. The monoisotopic (exact) mass is 848 g/mol. The average molecular weight is 849 g/mol.